The molecule has 0 aliphatic heterocycles. The normalized spacial score (nSPS) is 12.2. The van der Waals surface area contributed by atoms with E-state index in [1.165, 1.54) is 11.1 Å². The van der Waals surface area contributed by atoms with E-state index in [0.717, 1.165) is 18.7 Å². The largest absolute Gasteiger partial charge is 0.481 e. The highest BCUT2D eigenvalue weighted by Crippen LogP contribution is 2.18. The third-order valence-electron chi connectivity index (χ3n) is 3.23. The number of ether oxygens (including phenoxy) is 1. The fraction of sp³-hybridized carbons (Fsp3) is 0.375. The fourth-order valence-corrected chi connectivity index (χ4v) is 2.13. The van der Waals surface area contributed by atoms with Crippen LogP contribution in [0, 0.1) is 6.92 Å². The van der Waals surface area contributed by atoms with E-state index in [4.69, 9.17) is 4.74 Å². The minimum atomic E-state index is 0.253. The zero-order chi connectivity index (χ0) is 14.4. The van der Waals surface area contributed by atoms with Crippen LogP contribution in [0.4, 0.5) is 0 Å². The number of rotatable bonds is 6. The van der Waals surface area contributed by atoms with Crippen LogP contribution in [-0.2, 0) is 6.42 Å². The van der Waals surface area contributed by atoms with Gasteiger partial charge in [0.25, 0.3) is 0 Å². The molecule has 1 atom stereocenters. The summed E-state index contributed by atoms with van der Waals surface area (Å²) >= 11 is 0. The second-order valence-corrected chi connectivity index (χ2v) is 4.76. The summed E-state index contributed by atoms with van der Waals surface area (Å²) in [4.78, 5) is 8.63. The van der Waals surface area contributed by atoms with Gasteiger partial charge < -0.3 is 10.1 Å². The van der Waals surface area contributed by atoms with E-state index in [2.05, 4.69) is 34.3 Å². The van der Waals surface area contributed by atoms with Crippen molar-refractivity contribution < 1.29 is 4.74 Å². The lowest BCUT2D eigenvalue weighted by molar-refractivity contribution is 0.397. The van der Waals surface area contributed by atoms with Gasteiger partial charge in [-0.2, -0.15) is 0 Å². The second-order valence-electron chi connectivity index (χ2n) is 4.76. The maximum Gasteiger partial charge on any atom is 0.212 e. The Bertz CT molecular complexity index is 522. The van der Waals surface area contributed by atoms with E-state index in [1.54, 1.807) is 7.11 Å². The molecule has 0 saturated carbocycles. The summed E-state index contributed by atoms with van der Waals surface area (Å²) in [5, 5.41) is 3.50. The molecule has 0 aliphatic rings. The van der Waals surface area contributed by atoms with Crippen LogP contribution in [-0.4, -0.2) is 23.6 Å². The van der Waals surface area contributed by atoms with Crippen LogP contribution in [0.15, 0.2) is 36.7 Å². The number of hydrogen-bond acceptors (Lipinski definition) is 4. The van der Waals surface area contributed by atoms with Crippen LogP contribution in [0.5, 0.6) is 5.88 Å². The smallest absolute Gasteiger partial charge is 0.212 e. The number of methoxy groups -OCH3 is 1. The van der Waals surface area contributed by atoms with Gasteiger partial charge in [-0.25, -0.2) is 4.98 Å². The molecule has 0 fully saturated rings. The molecule has 0 saturated heterocycles. The molecule has 0 bridgehead atoms. The van der Waals surface area contributed by atoms with E-state index >= 15 is 0 Å². The van der Waals surface area contributed by atoms with Crippen molar-refractivity contribution >= 4 is 0 Å². The molecule has 106 valence electrons. The Morgan fingerprint density at radius 2 is 2.00 bits per heavy atom. The Kier molecular flexibility index (Phi) is 5.07. The SMILES string of the molecule is CCNC(Cc1ccc(OC)nc1)c1ccc(C)nc1. The number of nitrogens with one attached hydrogen (secondary N) is 1. The van der Waals surface area contributed by atoms with Crippen molar-refractivity contribution in [3.05, 3.63) is 53.5 Å². The summed E-state index contributed by atoms with van der Waals surface area (Å²) in [6, 6.07) is 8.38. The van der Waals surface area contributed by atoms with Gasteiger partial charge >= 0.3 is 0 Å². The lowest BCUT2D eigenvalue weighted by Crippen LogP contribution is -2.23. The molecular weight excluding hydrogens is 250 g/mol. The maximum atomic E-state index is 5.08. The van der Waals surface area contributed by atoms with Gasteiger partial charge in [-0.05, 0) is 37.1 Å². The number of pyridine rings is 2. The molecule has 2 heterocycles. The molecule has 0 amide bonds. The first-order valence-corrected chi connectivity index (χ1v) is 6.87. The molecule has 2 aromatic heterocycles. The van der Waals surface area contributed by atoms with Gasteiger partial charge in [-0.15, -0.1) is 0 Å². The summed E-state index contributed by atoms with van der Waals surface area (Å²) in [6.45, 7) is 5.03. The molecular formula is C16H21N3O. The molecule has 20 heavy (non-hydrogen) atoms. The highest BCUT2D eigenvalue weighted by Gasteiger charge is 2.11. The molecule has 2 rings (SSSR count). The van der Waals surface area contributed by atoms with Crippen LogP contribution in [0.1, 0.15) is 29.8 Å². The molecule has 1 unspecified atom stereocenters. The molecule has 4 heteroatoms. The third kappa shape index (κ3) is 3.78. The van der Waals surface area contributed by atoms with Crippen molar-refractivity contribution in [2.75, 3.05) is 13.7 Å². The summed E-state index contributed by atoms with van der Waals surface area (Å²) in [6.07, 6.45) is 4.69. The topological polar surface area (TPSA) is 47.0 Å². The first-order chi connectivity index (χ1) is 9.72. The molecule has 2 aromatic rings. The van der Waals surface area contributed by atoms with E-state index in [1.807, 2.05) is 31.5 Å². The van der Waals surface area contributed by atoms with E-state index in [0.29, 0.717) is 5.88 Å². The summed E-state index contributed by atoms with van der Waals surface area (Å²) in [5.74, 6) is 0.644. The maximum absolute atomic E-state index is 5.08. The molecule has 0 radical (unpaired) electrons. The highest BCUT2D eigenvalue weighted by atomic mass is 16.5. The second kappa shape index (κ2) is 7.01. The first kappa shape index (κ1) is 14.5. The summed E-state index contributed by atoms with van der Waals surface area (Å²) in [7, 11) is 1.63. The van der Waals surface area contributed by atoms with Crippen molar-refractivity contribution in [2.24, 2.45) is 0 Å². The first-order valence-electron chi connectivity index (χ1n) is 6.87. The van der Waals surface area contributed by atoms with Crippen molar-refractivity contribution in [1.29, 1.82) is 0 Å². The number of aromatic nitrogens is 2. The lowest BCUT2D eigenvalue weighted by atomic mass is 10.0. The van der Waals surface area contributed by atoms with Gasteiger partial charge in [0.1, 0.15) is 0 Å². The van der Waals surface area contributed by atoms with E-state index in [-0.39, 0.29) is 6.04 Å². The predicted octanol–water partition coefficient (Wildman–Crippen LogP) is 2.69. The molecule has 0 aliphatic carbocycles. The molecule has 0 aromatic carbocycles. The van der Waals surface area contributed by atoms with Gasteiger partial charge in [0.2, 0.25) is 5.88 Å². The molecule has 0 spiro atoms. The van der Waals surface area contributed by atoms with Crippen LogP contribution in [0.25, 0.3) is 0 Å². The van der Waals surface area contributed by atoms with E-state index < -0.39 is 0 Å². The molecule has 1 N–H and O–H groups in total. The van der Waals surface area contributed by atoms with Gasteiger partial charge in [0, 0.05) is 30.2 Å². The highest BCUT2D eigenvalue weighted by molar-refractivity contribution is 5.23. The monoisotopic (exact) mass is 271 g/mol. The zero-order valence-corrected chi connectivity index (χ0v) is 12.3. The number of likely N-dealkylation sites (N-methyl/N-ethyl adjacent to an activating group) is 1. The van der Waals surface area contributed by atoms with E-state index in [9.17, 15) is 0 Å². The minimum Gasteiger partial charge on any atom is -0.481 e. The molecule has 4 nitrogen and oxygen atoms in total. The Morgan fingerprint density at radius 3 is 2.55 bits per heavy atom. The van der Waals surface area contributed by atoms with Gasteiger partial charge in [0.15, 0.2) is 0 Å². The van der Waals surface area contributed by atoms with Crippen LogP contribution in [0.3, 0.4) is 0 Å². The predicted molar refractivity (Wildman–Crippen MR) is 79.9 cm³/mol. The Hall–Kier alpha value is -1.94. The van der Waals surface area contributed by atoms with Crippen molar-refractivity contribution in [3.8, 4) is 5.88 Å². The Morgan fingerprint density at radius 1 is 1.15 bits per heavy atom. The summed E-state index contributed by atoms with van der Waals surface area (Å²) in [5.41, 5.74) is 3.42. The average molecular weight is 271 g/mol. The van der Waals surface area contributed by atoms with Crippen LogP contribution in [0.2, 0.25) is 0 Å². The number of hydrogen-bond donors (Lipinski definition) is 1. The van der Waals surface area contributed by atoms with Gasteiger partial charge in [-0.1, -0.05) is 19.1 Å². The zero-order valence-electron chi connectivity index (χ0n) is 12.3. The van der Waals surface area contributed by atoms with Gasteiger partial charge in [0.05, 0.1) is 7.11 Å². The summed E-state index contributed by atoms with van der Waals surface area (Å²) < 4.78 is 5.08. The average Bonchev–Trinajstić information content (AvgIpc) is 2.48. The Labute approximate surface area is 120 Å². The van der Waals surface area contributed by atoms with Crippen molar-refractivity contribution in [3.63, 3.8) is 0 Å². The fourth-order valence-electron chi connectivity index (χ4n) is 2.13. The van der Waals surface area contributed by atoms with Crippen LogP contribution >= 0.6 is 0 Å². The Balaban J connectivity index is 2.13. The number of nitrogens with zero attached hydrogens (tertiary/aromatic N) is 2. The minimum absolute atomic E-state index is 0.253. The van der Waals surface area contributed by atoms with Gasteiger partial charge in [-0.3, -0.25) is 4.98 Å². The van der Waals surface area contributed by atoms with Crippen molar-refractivity contribution in [2.45, 2.75) is 26.3 Å². The van der Waals surface area contributed by atoms with Crippen molar-refractivity contribution in [1.82, 2.24) is 15.3 Å². The lowest BCUT2D eigenvalue weighted by Gasteiger charge is -2.18. The standard InChI is InChI=1S/C16H21N3O/c1-4-17-15(14-7-5-12(2)18-11-14)9-13-6-8-16(20-3)19-10-13/h5-8,10-11,15,17H,4,9H2,1-3H3. The number of aryl methyl sites for hydroxylation is 1. The quantitative estimate of drug-likeness (QED) is 0.877. The van der Waals surface area contributed by atoms with Crippen LogP contribution < -0.4 is 10.1 Å². The third-order valence-corrected chi connectivity index (χ3v) is 3.23.